The predicted octanol–water partition coefficient (Wildman–Crippen LogP) is 6.21. The first-order valence-electron chi connectivity index (χ1n) is 7.93. The van der Waals surface area contributed by atoms with Gasteiger partial charge in [0.05, 0.1) is 12.2 Å². The Morgan fingerprint density at radius 2 is 1.60 bits per heavy atom. The highest BCUT2D eigenvalue weighted by Gasteiger charge is 2.21. The topological polar surface area (TPSA) is 20.3 Å². The number of anilines is 1. The van der Waals surface area contributed by atoms with Gasteiger partial charge in [-0.3, -0.25) is 4.79 Å². The molecule has 0 fully saturated rings. The minimum atomic E-state index is 0.0186. The number of nitrogens with zero attached hydrogens (tertiary/aromatic N) is 1. The van der Waals surface area contributed by atoms with E-state index in [0.29, 0.717) is 6.54 Å². The fraction of sp³-hybridized carbons (Fsp3) is 0.0952. The molecular weight excluding hydrogens is 489 g/mol. The number of carbonyl (C=O) groups excluding carboxylic acids is 1. The maximum absolute atomic E-state index is 13.3. The molecule has 0 unspecified atom stereocenters. The summed E-state index contributed by atoms with van der Waals surface area (Å²) < 4.78 is 2.08. The van der Waals surface area contributed by atoms with Crippen LogP contribution >= 0.6 is 38.5 Å². The van der Waals surface area contributed by atoms with Crippen LogP contribution in [0.3, 0.4) is 0 Å². The van der Waals surface area contributed by atoms with E-state index in [-0.39, 0.29) is 5.91 Å². The molecule has 0 aliphatic heterocycles. The van der Waals surface area contributed by atoms with E-state index in [0.717, 1.165) is 30.4 Å². The first kappa shape index (κ1) is 18.1. The van der Waals surface area contributed by atoms with Crippen molar-refractivity contribution in [1.29, 1.82) is 0 Å². The molecule has 25 heavy (non-hydrogen) atoms. The second kappa shape index (κ2) is 8.15. The van der Waals surface area contributed by atoms with Crippen LogP contribution < -0.4 is 4.90 Å². The molecule has 0 heterocycles. The number of carbonyl (C=O) groups is 1. The van der Waals surface area contributed by atoms with E-state index in [4.69, 9.17) is 0 Å². The molecule has 0 atom stereocenters. The molecule has 4 heteroatoms. The molecule has 0 N–H and O–H groups in total. The molecule has 0 aliphatic carbocycles. The van der Waals surface area contributed by atoms with Crippen LogP contribution in [0.5, 0.6) is 0 Å². The lowest BCUT2D eigenvalue weighted by atomic mass is 10.1. The summed E-state index contributed by atoms with van der Waals surface area (Å²) in [7, 11) is 0. The summed E-state index contributed by atoms with van der Waals surface area (Å²) in [5.41, 5.74) is 3.74. The normalized spacial score (nSPS) is 10.5. The lowest BCUT2D eigenvalue weighted by Gasteiger charge is -2.25. The molecule has 3 aromatic rings. The Hall–Kier alpha value is -1.66. The number of hydrogen-bond donors (Lipinski definition) is 0. The van der Waals surface area contributed by atoms with Crippen molar-refractivity contribution >= 4 is 50.1 Å². The van der Waals surface area contributed by atoms with Crippen molar-refractivity contribution in [3.8, 4) is 0 Å². The van der Waals surface area contributed by atoms with Crippen molar-refractivity contribution in [3.63, 3.8) is 0 Å². The van der Waals surface area contributed by atoms with Crippen molar-refractivity contribution in [2.75, 3.05) is 4.90 Å². The van der Waals surface area contributed by atoms with Crippen LogP contribution in [0.25, 0.3) is 0 Å². The summed E-state index contributed by atoms with van der Waals surface area (Å²) in [6.07, 6.45) is 0. The molecule has 1 amide bonds. The third kappa shape index (κ3) is 4.30. The maximum Gasteiger partial charge on any atom is 0.258 e. The third-order valence-corrected chi connectivity index (χ3v) is 5.46. The van der Waals surface area contributed by atoms with E-state index in [1.807, 2.05) is 84.6 Å². The summed E-state index contributed by atoms with van der Waals surface area (Å²) in [5, 5.41) is 0. The van der Waals surface area contributed by atoms with Crippen molar-refractivity contribution < 1.29 is 4.79 Å². The highest BCUT2D eigenvalue weighted by molar-refractivity contribution is 14.1. The fourth-order valence-electron chi connectivity index (χ4n) is 2.67. The average molecular weight is 506 g/mol. The van der Waals surface area contributed by atoms with E-state index in [1.165, 1.54) is 0 Å². The van der Waals surface area contributed by atoms with Crippen molar-refractivity contribution in [1.82, 2.24) is 0 Å². The van der Waals surface area contributed by atoms with Gasteiger partial charge in [-0.2, -0.15) is 0 Å². The van der Waals surface area contributed by atoms with Gasteiger partial charge in [0.2, 0.25) is 0 Å². The second-order valence-corrected chi connectivity index (χ2v) is 7.86. The van der Waals surface area contributed by atoms with E-state index < -0.39 is 0 Å². The Morgan fingerprint density at radius 3 is 2.28 bits per heavy atom. The van der Waals surface area contributed by atoms with Gasteiger partial charge in [-0.15, -0.1) is 0 Å². The number of amides is 1. The molecule has 3 aromatic carbocycles. The van der Waals surface area contributed by atoms with Gasteiger partial charge in [0.15, 0.2) is 0 Å². The number of benzene rings is 3. The van der Waals surface area contributed by atoms with Crippen molar-refractivity contribution in [3.05, 3.63) is 97.5 Å². The quantitative estimate of drug-likeness (QED) is 0.386. The summed E-state index contributed by atoms with van der Waals surface area (Å²) in [6.45, 7) is 2.50. The van der Waals surface area contributed by atoms with Gasteiger partial charge < -0.3 is 4.90 Å². The van der Waals surface area contributed by atoms with Gasteiger partial charge in [-0.05, 0) is 71.0 Å². The van der Waals surface area contributed by atoms with E-state index in [9.17, 15) is 4.79 Å². The van der Waals surface area contributed by atoms with E-state index >= 15 is 0 Å². The van der Waals surface area contributed by atoms with Gasteiger partial charge in [-0.1, -0.05) is 58.4 Å². The van der Waals surface area contributed by atoms with Crippen LogP contribution in [-0.2, 0) is 6.54 Å². The van der Waals surface area contributed by atoms with Gasteiger partial charge >= 0.3 is 0 Å². The molecule has 0 aromatic heterocycles. The van der Waals surface area contributed by atoms with Crippen LogP contribution in [-0.4, -0.2) is 5.91 Å². The molecule has 3 rings (SSSR count). The zero-order chi connectivity index (χ0) is 17.8. The first-order valence-corrected chi connectivity index (χ1v) is 9.80. The summed E-state index contributed by atoms with van der Waals surface area (Å²) in [4.78, 5) is 15.2. The lowest BCUT2D eigenvalue weighted by molar-refractivity contribution is 0.0984. The van der Waals surface area contributed by atoms with E-state index in [2.05, 4.69) is 38.5 Å². The summed E-state index contributed by atoms with van der Waals surface area (Å²) >= 11 is 5.75. The molecule has 0 aliphatic rings. The zero-order valence-electron chi connectivity index (χ0n) is 13.7. The Kier molecular flexibility index (Phi) is 5.91. The Labute approximate surface area is 170 Å². The minimum Gasteiger partial charge on any atom is -0.303 e. The number of rotatable bonds is 4. The van der Waals surface area contributed by atoms with Crippen LogP contribution in [0, 0.1) is 10.5 Å². The Balaban J connectivity index is 2.03. The smallest absolute Gasteiger partial charge is 0.258 e. The molecular formula is C21H17BrINO. The largest absolute Gasteiger partial charge is 0.303 e. The fourth-order valence-corrected chi connectivity index (χ4v) is 3.61. The second-order valence-electron chi connectivity index (χ2n) is 5.78. The summed E-state index contributed by atoms with van der Waals surface area (Å²) in [5.74, 6) is 0.0186. The number of aryl methyl sites for hydroxylation is 1. The molecule has 0 saturated heterocycles. The van der Waals surface area contributed by atoms with E-state index in [1.54, 1.807) is 0 Å². The predicted molar refractivity (Wildman–Crippen MR) is 115 cm³/mol. The number of hydrogen-bond acceptors (Lipinski definition) is 1. The molecule has 0 spiro atoms. The number of halogens is 2. The van der Waals surface area contributed by atoms with Crippen LogP contribution in [0.4, 0.5) is 5.69 Å². The molecule has 2 nitrogen and oxygen atoms in total. The Morgan fingerprint density at radius 1 is 0.960 bits per heavy atom. The molecule has 0 bridgehead atoms. The minimum absolute atomic E-state index is 0.0186. The highest BCUT2D eigenvalue weighted by atomic mass is 127. The molecule has 126 valence electrons. The van der Waals surface area contributed by atoms with Gasteiger partial charge in [0.25, 0.3) is 5.91 Å². The highest BCUT2D eigenvalue weighted by Crippen LogP contribution is 2.27. The maximum atomic E-state index is 13.3. The monoisotopic (exact) mass is 505 g/mol. The lowest BCUT2D eigenvalue weighted by Crippen LogP contribution is -2.31. The van der Waals surface area contributed by atoms with Gasteiger partial charge in [0.1, 0.15) is 0 Å². The molecule has 0 radical (unpaired) electrons. The Bertz CT molecular complexity index is 892. The average Bonchev–Trinajstić information content (AvgIpc) is 2.62. The van der Waals surface area contributed by atoms with Crippen LogP contribution in [0.1, 0.15) is 21.5 Å². The van der Waals surface area contributed by atoms with Crippen LogP contribution in [0.2, 0.25) is 0 Å². The molecule has 0 saturated carbocycles. The first-order chi connectivity index (χ1) is 12.1. The third-order valence-electron chi connectivity index (χ3n) is 4.02. The van der Waals surface area contributed by atoms with Gasteiger partial charge in [-0.25, -0.2) is 0 Å². The van der Waals surface area contributed by atoms with Crippen LogP contribution in [0.15, 0.2) is 77.3 Å². The zero-order valence-corrected chi connectivity index (χ0v) is 17.5. The van der Waals surface area contributed by atoms with Crippen molar-refractivity contribution in [2.24, 2.45) is 0 Å². The summed E-state index contributed by atoms with van der Waals surface area (Å²) in [6, 6.07) is 23.8. The SMILES string of the molecule is Cc1ccccc1C(=O)N(Cc1ccc(Br)cc1)c1ccccc1I. The van der Waals surface area contributed by atoms with Crippen molar-refractivity contribution in [2.45, 2.75) is 13.5 Å². The standard InChI is InChI=1S/C21H17BrINO/c1-15-6-2-3-7-18(15)21(25)24(20-9-5-4-8-19(20)23)14-16-10-12-17(22)13-11-16/h2-13H,14H2,1H3. The number of para-hydroxylation sites is 1. The van der Waals surface area contributed by atoms with Gasteiger partial charge in [0, 0.05) is 13.6 Å².